The van der Waals surface area contributed by atoms with Gasteiger partial charge in [-0.05, 0) is 81.1 Å². The number of nitrogens with zero attached hydrogens (tertiary/aromatic N) is 2. The number of carboxylic acid groups (broad SMARTS) is 1. The summed E-state index contributed by atoms with van der Waals surface area (Å²) in [4.78, 5) is 18.5. The van der Waals surface area contributed by atoms with E-state index in [0.717, 1.165) is 6.07 Å². The summed E-state index contributed by atoms with van der Waals surface area (Å²) >= 11 is 0. The number of carboxylic acids is 1. The number of ether oxygens (including phenoxy) is 1. The molecule has 0 unspecified atom stereocenters. The zero-order chi connectivity index (χ0) is 25.7. The van der Waals surface area contributed by atoms with E-state index in [2.05, 4.69) is 9.88 Å². The van der Waals surface area contributed by atoms with Gasteiger partial charge in [-0.3, -0.25) is 14.7 Å². The van der Waals surface area contributed by atoms with Crippen molar-refractivity contribution >= 4 is 22.9 Å². The second kappa shape index (κ2) is 11.1. The minimum absolute atomic E-state index is 0.307. The lowest BCUT2D eigenvalue weighted by Crippen LogP contribution is -2.44. The van der Waals surface area contributed by atoms with Gasteiger partial charge >= 0.3 is 5.97 Å². The monoisotopic (exact) mass is 498 g/mol. The Kier molecular flexibility index (Phi) is 7.94. The first-order chi connectivity index (χ1) is 17.3. The number of piperidine rings is 1. The SMILES string of the molecule is COc1ccc2ncc(F)c(CCCC3(C(=O)O)CCN(CC=Cc4ccc(F)cc4F)CC3)c2c1. The smallest absolute Gasteiger partial charge is 0.309 e. The van der Waals surface area contributed by atoms with Gasteiger partial charge in [0.25, 0.3) is 0 Å². The van der Waals surface area contributed by atoms with Crippen molar-refractivity contribution in [3.8, 4) is 5.75 Å². The van der Waals surface area contributed by atoms with E-state index in [4.69, 9.17) is 4.74 Å². The molecular formula is C28H29F3N2O3. The Hall–Kier alpha value is -3.39. The molecule has 2 heterocycles. The largest absolute Gasteiger partial charge is 0.497 e. The average molecular weight is 499 g/mol. The molecule has 1 aromatic heterocycles. The average Bonchev–Trinajstić information content (AvgIpc) is 2.87. The highest BCUT2D eigenvalue weighted by Gasteiger charge is 2.40. The maximum atomic E-state index is 14.6. The molecule has 1 N–H and O–H groups in total. The van der Waals surface area contributed by atoms with Crippen LogP contribution in [0.2, 0.25) is 0 Å². The number of rotatable bonds is 9. The molecule has 0 atom stereocenters. The van der Waals surface area contributed by atoms with Crippen molar-refractivity contribution in [1.29, 1.82) is 0 Å². The molecule has 2 aromatic carbocycles. The maximum absolute atomic E-state index is 14.6. The normalized spacial score (nSPS) is 16.0. The minimum atomic E-state index is -0.861. The molecule has 1 saturated heterocycles. The fourth-order valence-electron chi connectivity index (χ4n) is 4.89. The van der Waals surface area contributed by atoms with Crippen molar-refractivity contribution in [2.45, 2.75) is 32.1 Å². The number of aliphatic carboxylic acids is 1. The third-order valence-electron chi connectivity index (χ3n) is 7.11. The number of aromatic nitrogens is 1. The number of fused-ring (bicyclic) bond motifs is 1. The number of halogens is 3. The second-order valence-corrected chi connectivity index (χ2v) is 9.28. The van der Waals surface area contributed by atoms with Crippen LogP contribution in [0, 0.1) is 22.9 Å². The van der Waals surface area contributed by atoms with Gasteiger partial charge in [0.1, 0.15) is 23.2 Å². The van der Waals surface area contributed by atoms with Crippen molar-refractivity contribution in [2.24, 2.45) is 5.41 Å². The number of likely N-dealkylation sites (tertiary alicyclic amines) is 1. The first kappa shape index (κ1) is 25.7. The summed E-state index contributed by atoms with van der Waals surface area (Å²) in [7, 11) is 1.55. The van der Waals surface area contributed by atoms with Crippen LogP contribution in [0.3, 0.4) is 0 Å². The van der Waals surface area contributed by atoms with E-state index in [-0.39, 0.29) is 0 Å². The van der Waals surface area contributed by atoms with Gasteiger partial charge in [0.05, 0.1) is 24.2 Å². The van der Waals surface area contributed by atoms with Crippen LogP contribution in [0.4, 0.5) is 13.2 Å². The van der Waals surface area contributed by atoms with Gasteiger partial charge < -0.3 is 9.84 Å². The summed E-state index contributed by atoms with van der Waals surface area (Å²) in [6.07, 6.45) is 6.96. The molecule has 3 aromatic rings. The quantitative estimate of drug-likeness (QED) is 0.400. The van der Waals surface area contributed by atoms with Crippen LogP contribution in [0.5, 0.6) is 5.75 Å². The Morgan fingerprint density at radius 3 is 2.61 bits per heavy atom. The summed E-state index contributed by atoms with van der Waals surface area (Å²) in [6.45, 7) is 1.72. The molecular weight excluding hydrogens is 469 g/mol. The van der Waals surface area contributed by atoms with Crippen molar-refractivity contribution < 1.29 is 27.8 Å². The van der Waals surface area contributed by atoms with Crippen LogP contribution >= 0.6 is 0 Å². The summed E-state index contributed by atoms with van der Waals surface area (Å²) in [5.41, 5.74) is 0.638. The number of methoxy groups -OCH3 is 1. The van der Waals surface area contributed by atoms with Crippen molar-refractivity contribution in [1.82, 2.24) is 9.88 Å². The van der Waals surface area contributed by atoms with Crippen molar-refractivity contribution in [3.63, 3.8) is 0 Å². The molecule has 1 aliphatic heterocycles. The molecule has 1 aliphatic rings. The van der Waals surface area contributed by atoms with E-state index >= 15 is 0 Å². The highest BCUT2D eigenvalue weighted by Crippen LogP contribution is 2.37. The van der Waals surface area contributed by atoms with E-state index < -0.39 is 28.8 Å². The van der Waals surface area contributed by atoms with Gasteiger partial charge in [0, 0.05) is 23.6 Å². The predicted octanol–water partition coefficient (Wildman–Crippen LogP) is 5.86. The molecule has 4 rings (SSSR count). The Morgan fingerprint density at radius 1 is 1.14 bits per heavy atom. The van der Waals surface area contributed by atoms with E-state index in [1.165, 1.54) is 18.3 Å². The van der Waals surface area contributed by atoms with E-state index in [0.29, 0.717) is 79.5 Å². The van der Waals surface area contributed by atoms with Crippen LogP contribution < -0.4 is 4.74 Å². The van der Waals surface area contributed by atoms with Crippen LogP contribution in [-0.2, 0) is 11.2 Å². The molecule has 36 heavy (non-hydrogen) atoms. The zero-order valence-electron chi connectivity index (χ0n) is 20.1. The number of benzene rings is 2. The van der Waals surface area contributed by atoms with Gasteiger partial charge in [0.2, 0.25) is 0 Å². The van der Waals surface area contributed by atoms with Gasteiger partial charge in [-0.15, -0.1) is 0 Å². The Morgan fingerprint density at radius 2 is 1.92 bits per heavy atom. The molecule has 1 fully saturated rings. The van der Waals surface area contributed by atoms with Gasteiger partial charge in [-0.2, -0.15) is 0 Å². The maximum Gasteiger partial charge on any atom is 0.309 e. The van der Waals surface area contributed by atoms with Crippen LogP contribution in [0.25, 0.3) is 17.0 Å². The van der Waals surface area contributed by atoms with E-state index in [1.54, 1.807) is 37.5 Å². The van der Waals surface area contributed by atoms with Crippen LogP contribution in [0.1, 0.15) is 36.8 Å². The number of hydrogen-bond acceptors (Lipinski definition) is 4. The molecule has 0 bridgehead atoms. The van der Waals surface area contributed by atoms with Gasteiger partial charge in [-0.25, -0.2) is 13.2 Å². The summed E-state index contributed by atoms with van der Waals surface area (Å²) in [5.74, 6) is -1.86. The summed E-state index contributed by atoms with van der Waals surface area (Å²) < 4.78 is 46.8. The fraction of sp³-hybridized carbons (Fsp3) is 0.357. The predicted molar refractivity (Wildman–Crippen MR) is 132 cm³/mol. The molecule has 0 saturated carbocycles. The van der Waals surface area contributed by atoms with Crippen molar-refractivity contribution in [2.75, 3.05) is 26.7 Å². The van der Waals surface area contributed by atoms with E-state index in [1.807, 2.05) is 0 Å². The minimum Gasteiger partial charge on any atom is -0.497 e. The van der Waals surface area contributed by atoms with Crippen LogP contribution in [0.15, 0.2) is 48.7 Å². The lowest BCUT2D eigenvalue weighted by molar-refractivity contribution is -0.152. The molecule has 0 spiro atoms. The summed E-state index contributed by atoms with van der Waals surface area (Å²) in [5, 5.41) is 10.7. The van der Waals surface area contributed by atoms with E-state index in [9.17, 15) is 23.1 Å². The number of carbonyl (C=O) groups is 1. The Balaban J connectivity index is 1.36. The third-order valence-corrected chi connectivity index (χ3v) is 7.11. The molecule has 190 valence electrons. The molecule has 0 radical (unpaired) electrons. The molecule has 0 aliphatic carbocycles. The first-order valence-corrected chi connectivity index (χ1v) is 12.0. The second-order valence-electron chi connectivity index (χ2n) is 9.28. The first-order valence-electron chi connectivity index (χ1n) is 12.0. The van der Waals surface area contributed by atoms with Gasteiger partial charge in [0.15, 0.2) is 0 Å². The lowest BCUT2D eigenvalue weighted by Gasteiger charge is -2.38. The van der Waals surface area contributed by atoms with Gasteiger partial charge in [-0.1, -0.05) is 12.2 Å². The molecule has 0 amide bonds. The highest BCUT2D eigenvalue weighted by molar-refractivity contribution is 5.83. The molecule has 8 heteroatoms. The number of aryl methyl sites for hydroxylation is 1. The standard InChI is InChI=1S/C28H29F3N2O3/c1-36-21-8-9-26-23(17-21)22(25(31)18-32-26)5-2-10-28(27(34)35)11-14-33(15-12-28)13-3-4-19-6-7-20(29)16-24(19)30/h3-4,6-9,16-18H,2,5,10-15H2,1H3,(H,34,35). The fourth-order valence-corrected chi connectivity index (χ4v) is 4.89. The highest BCUT2D eigenvalue weighted by atomic mass is 19.1. The Bertz CT molecular complexity index is 1270. The van der Waals surface area contributed by atoms with Crippen LogP contribution in [-0.4, -0.2) is 47.7 Å². The zero-order valence-corrected chi connectivity index (χ0v) is 20.1. The topological polar surface area (TPSA) is 62.7 Å². The number of hydrogen-bond donors (Lipinski definition) is 1. The number of pyridine rings is 1. The van der Waals surface area contributed by atoms with Crippen molar-refractivity contribution in [3.05, 3.63) is 77.2 Å². The third kappa shape index (κ3) is 5.70. The Labute approximate surface area is 208 Å². The summed E-state index contributed by atoms with van der Waals surface area (Å²) in [6, 6.07) is 8.76. The lowest BCUT2D eigenvalue weighted by atomic mass is 9.74. The molecule has 5 nitrogen and oxygen atoms in total.